The molecule has 1 aromatic heterocycles. The average Bonchev–Trinajstić information content (AvgIpc) is 2.44. The van der Waals surface area contributed by atoms with Crippen LogP contribution in [0.15, 0.2) is 22.7 Å². The summed E-state index contributed by atoms with van der Waals surface area (Å²) in [7, 11) is 0. The Bertz CT molecular complexity index is 452. The molecule has 2 N–H and O–H groups in total. The average molecular weight is 244 g/mol. The second-order valence-corrected chi connectivity index (χ2v) is 3.53. The maximum absolute atomic E-state index is 13.3. The number of halogens is 2. The molecule has 0 fully saturated rings. The van der Waals surface area contributed by atoms with Gasteiger partial charge in [-0.3, -0.25) is 0 Å². The standard InChI is InChI=1S/C9H7BrFNO/c10-9-7(4-13)12-6-3-1-2-5(11)8(6)9/h1-3,12-13H,4H2. The van der Waals surface area contributed by atoms with Gasteiger partial charge in [-0.2, -0.15) is 0 Å². The maximum atomic E-state index is 13.3. The summed E-state index contributed by atoms with van der Waals surface area (Å²) in [4.78, 5) is 2.92. The Morgan fingerprint density at radius 2 is 2.23 bits per heavy atom. The summed E-state index contributed by atoms with van der Waals surface area (Å²) >= 11 is 3.23. The number of nitrogens with one attached hydrogen (secondary N) is 1. The molecule has 0 unspecified atom stereocenters. The van der Waals surface area contributed by atoms with Crippen LogP contribution in [0.1, 0.15) is 5.69 Å². The molecule has 2 aromatic rings. The van der Waals surface area contributed by atoms with E-state index in [9.17, 15) is 4.39 Å². The van der Waals surface area contributed by atoms with Gasteiger partial charge >= 0.3 is 0 Å². The molecule has 13 heavy (non-hydrogen) atoms. The summed E-state index contributed by atoms with van der Waals surface area (Å²) in [6.07, 6.45) is 0. The van der Waals surface area contributed by atoms with Crippen LogP contribution in [0.5, 0.6) is 0 Å². The van der Waals surface area contributed by atoms with E-state index in [0.29, 0.717) is 21.1 Å². The fourth-order valence-electron chi connectivity index (χ4n) is 1.33. The predicted octanol–water partition coefficient (Wildman–Crippen LogP) is 2.56. The zero-order valence-electron chi connectivity index (χ0n) is 6.64. The smallest absolute Gasteiger partial charge is 0.133 e. The van der Waals surface area contributed by atoms with Gasteiger partial charge < -0.3 is 10.1 Å². The lowest BCUT2D eigenvalue weighted by atomic mass is 10.2. The molecule has 0 saturated carbocycles. The molecule has 4 heteroatoms. The molecule has 68 valence electrons. The maximum Gasteiger partial charge on any atom is 0.133 e. The number of aromatic amines is 1. The number of benzene rings is 1. The van der Waals surface area contributed by atoms with Crippen LogP contribution in [0, 0.1) is 5.82 Å². The molecule has 2 rings (SSSR count). The molecule has 1 aromatic carbocycles. The quantitative estimate of drug-likeness (QED) is 0.794. The van der Waals surface area contributed by atoms with E-state index >= 15 is 0 Å². The minimum Gasteiger partial charge on any atom is -0.390 e. The van der Waals surface area contributed by atoms with Crippen molar-refractivity contribution in [1.29, 1.82) is 0 Å². The number of rotatable bonds is 1. The van der Waals surface area contributed by atoms with E-state index in [0.717, 1.165) is 0 Å². The Labute approximate surface area is 82.5 Å². The van der Waals surface area contributed by atoms with E-state index in [4.69, 9.17) is 5.11 Å². The van der Waals surface area contributed by atoms with E-state index in [1.165, 1.54) is 6.07 Å². The fourth-order valence-corrected chi connectivity index (χ4v) is 1.96. The number of aliphatic hydroxyl groups excluding tert-OH is 1. The van der Waals surface area contributed by atoms with Gasteiger partial charge in [0.2, 0.25) is 0 Å². The van der Waals surface area contributed by atoms with Crippen molar-refractivity contribution in [3.05, 3.63) is 34.2 Å². The zero-order chi connectivity index (χ0) is 9.42. The predicted molar refractivity (Wildman–Crippen MR) is 51.9 cm³/mol. The molecule has 0 aliphatic carbocycles. The topological polar surface area (TPSA) is 36.0 Å². The summed E-state index contributed by atoms with van der Waals surface area (Å²) in [6.45, 7) is -0.130. The van der Waals surface area contributed by atoms with Crippen molar-refractivity contribution >= 4 is 26.8 Å². The lowest BCUT2D eigenvalue weighted by molar-refractivity contribution is 0.277. The van der Waals surface area contributed by atoms with Crippen LogP contribution >= 0.6 is 15.9 Å². The normalized spacial score (nSPS) is 11.0. The first-order valence-corrected chi connectivity index (χ1v) is 4.58. The monoisotopic (exact) mass is 243 g/mol. The van der Waals surface area contributed by atoms with Gasteiger partial charge in [-0.05, 0) is 28.1 Å². The number of hydrogen-bond acceptors (Lipinski definition) is 1. The third-order valence-corrected chi connectivity index (χ3v) is 2.82. The first-order chi connectivity index (χ1) is 6.24. The first kappa shape index (κ1) is 8.72. The first-order valence-electron chi connectivity index (χ1n) is 3.79. The third kappa shape index (κ3) is 1.26. The number of H-pyrrole nitrogens is 1. The highest BCUT2D eigenvalue weighted by molar-refractivity contribution is 9.10. The van der Waals surface area contributed by atoms with Crippen LogP contribution in [0.3, 0.4) is 0 Å². The third-order valence-electron chi connectivity index (χ3n) is 1.94. The number of aromatic nitrogens is 1. The van der Waals surface area contributed by atoms with Crippen LogP contribution < -0.4 is 0 Å². The van der Waals surface area contributed by atoms with E-state index in [1.54, 1.807) is 12.1 Å². The number of fused-ring (bicyclic) bond motifs is 1. The van der Waals surface area contributed by atoms with Crippen LogP contribution in [-0.4, -0.2) is 10.1 Å². The molecule has 1 heterocycles. The van der Waals surface area contributed by atoms with Gasteiger partial charge in [-0.15, -0.1) is 0 Å². The molecule has 2 nitrogen and oxygen atoms in total. The van der Waals surface area contributed by atoms with Gasteiger partial charge in [0.15, 0.2) is 0 Å². The summed E-state index contributed by atoms with van der Waals surface area (Å²) in [5.41, 5.74) is 1.29. The molecular formula is C9H7BrFNO. The minimum atomic E-state index is -0.291. The van der Waals surface area contributed by atoms with Gasteiger partial charge in [0, 0.05) is 10.9 Å². The highest BCUT2D eigenvalue weighted by Crippen LogP contribution is 2.29. The van der Waals surface area contributed by atoms with Crippen molar-refractivity contribution in [3.8, 4) is 0 Å². The highest BCUT2D eigenvalue weighted by atomic mass is 79.9. The Morgan fingerprint density at radius 3 is 2.85 bits per heavy atom. The molecule has 0 radical (unpaired) electrons. The van der Waals surface area contributed by atoms with E-state index in [1.807, 2.05) is 0 Å². The van der Waals surface area contributed by atoms with E-state index in [2.05, 4.69) is 20.9 Å². The molecule has 0 aliphatic rings. The van der Waals surface area contributed by atoms with Crippen molar-refractivity contribution in [2.75, 3.05) is 0 Å². The van der Waals surface area contributed by atoms with Gasteiger partial charge in [-0.25, -0.2) is 4.39 Å². The second kappa shape index (κ2) is 3.12. The van der Waals surface area contributed by atoms with Crippen molar-refractivity contribution in [3.63, 3.8) is 0 Å². The molecule has 0 aliphatic heterocycles. The summed E-state index contributed by atoms with van der Waals surface area (Å²) < 4.78 is 13.9. The Morgan fingerprint density at radius 1 is 1.46 bits per heavy atom. The van der Waals surface area contributed by atoms with Gasteiger partial charge in [0.05, 0.1) is 16.8 Å². The lowest BCUT2D eigenvalue weighted by Gasteiger charge is -1.91. The summed E-state index contributed by atoms with van der Waals surface area (Å²) in [5.74, 6) is -0.291. The van der Waals surface area contributed by atoms with Crippen LogP contribution in [0.2, 0.25) is 0 Å². The lowest BCUT2D eigenvalue weighted by Crippen LogP contribution is -1.81. The minimum absolute atomic E-state index is 0.130. The summed E-state index contributed by atoms with van der Waals surface area (Å²) in [6, 6.07) is 4.78. The largest absolute Gasteiger partial charge is 0.390 e. The van der Waals surface area contributed by atoms with Crippen LogP contribution in [0.25, 0.3) is 10.9 Å². The molecule has 0 amide bonds. The zero-order valence-corrected chi connectivity index (χ0v) is 8.23. The molecule has 0 bridgehead atoms. The molecule has 0 atom stereocenters. The van der Waals surface area contributed by atoms with Crippen molar-refractivity contribution in [2.45, 2.75) is 6.61 Å². The van der Waals surface area contributed by atoms with Crippen molar-refractivity contribution in [2.24, 2.45) is 0 Å². The second-order valence-electron chi connectivity index (χ2n) is 2.74. The van der Waals surface area contributed by atoms with Crippen molar-refractivity contribution in [1.82, 2.24) is 4.98 Å². The number of aliphatic hydroxyl groups is 1. The molecule has 0 saturated heterocycles. The van der Waals surface area contributed by atoms with Crippen LogP contribution in [0.4, 0.5) is 4.39 Å². The van der Waals surface area contributed by atoms with Gasteiger partial charge in [0.25, 0.3) is 0 Å². The number of hydrogen-bond donors (Lipinski definition) is 2. The SMILES string of the molecule is OCc1[nH]c2cccc(F)c2c1Br. The molecule has 0 spiro atoms. The highest BCUT2D eigenvalue weighted by Gasteiger charge is 2.11. The van der Waals surface area contributed by atoms with Crippen LogP contribution in [-0.2, 0) is 6.61 Å². The Balaban J connectivity index is 2.85. The Hall–Kier alpha value is -0.870. The Kier molecular flexibility index (Phi) is 2.09. The van der Waals surface area contributed by atoms with E-state index < -0.39 is 0 Å². The molecular weight excluding hydrogens is 237 g/mol. The van der Waals surface area contributed by atoms with E-state index in [-0.39, 0.29) is 12.4 Å². The van der Waals surface area contributed by atoms with Crippen molar-refractivity contribution < 1.29 is 9.50 Å². The van der Waals surface area contributed by atoms with Gasteiger partial charge in [0.1, 0.15) is 5.82 Å². The summed E-state index contributed by atoms with van der Waals surface area (Å²) in [5, 5.41) is 9.42. The van der Waals surface area contributed by atoms with Gasteiger partial charge in [-0.1, -0.05) is 6.07 Å². The fraction of sp³-hybridized carbons (Fsp3) is 0.111.